The standard InChI is InChI=1S/C19H20BrFN6O2/c1-26-14-11-22-18(25-23-10-12-6-4-5-9-19(12,20)21)24-15(14)27(17(29)16(26)28)13-7-2-3-8-13/h4-6,9-13H,2-3,7-8H2,1H3,(H,22,24,25)/b23-10+. The van der Waals surface area contributed by atoms with Crippen LogP contribution < -0.4 is 16.5 Å². The number of nitrogens with one attached hydrogen (secondary N) is 1. The maximum Gasteiger partial charge on any atom is 0.318 e. The normalized spacial score (nSPS) is 24.7. The monoisotopic (exact) mass is 462 g/mol. The number of aromatic nitrogens is 4. The highest BCUT2D eigenvalue weighted by Gasteiger charge is 2.32. The Balaban J connectivity index is 1.69. The molecule has 152 valence electrons. The van der Waals surface area contributed by atoms with Crippen LogP contribution in [-0.4, -0.2) is 29.9 Å². The Labute approximate surface area is 174 Å². The zero-order valence-electron chi connectivity index (χ0n) is 15.8. The van der Waals surface area contributed by atoms with E-state index in [-0.39, 0.29) is 12.0 Å². The minimum absolute atomic E-state index is 0.0511. The molecule has 0 amide bonds. The first kappa shape index (κ1) is 19.7. The van der Waals surface area contributed by atoms with Gasteiger partial charge >= 0.3 is 11.1 Å². The van der Waals surface area contributed by atoms with Crippen LogP contribution >= 0.6 is 15.9 Å². The number of nitrogens with zero attached hydrogens (tertiary/aromatic N) is 5. The SMILES string of the molecule is Cn1c(=O)c(=O)n(C2CCCC2)c2nc(N/N=C/C3C=CC=CC3(F)Br)ncc21. The zero-order valence-corrected chi connectivity index (χ0v) is 17.3. The third kappa shape index (κ3) is 3.68. The van der Waals surface area contributed by atoms with Crippen molar-refractivity contribution >= 4 is 39.3 Å². The molecule has 0 saturated heterocycles. The fourth-order valence-electron chi connectivity index (χ4n) is 3.72. The van der Waals surface area contributed by atoms with E-state index in [0.717, 1.165) is 25.7 Å². The quantitative estimate of drug-likeness (QED) is 0.326. The molecule has 2 atom stereocenters. The molecular formula is C19H20BrFN6O2. The van der Waals surface area contributed by atoms with Crippen molar-refractivity contribution in [2.75, 3.05) is 5.43 Å². The molecule has 2 aromatic rings. The Kier molecular flexibility index (Phi) is 5.20. The molecule has 0 radical (unpaired) electrons. The van der Waals surface area contributed by atoms with Gasteiger partial charge < -0.3 is 4.57 Å². The van der Waals surface area contributed by atoms with Gasteiger partial charge in [-0.2, -0.15) is 10.1 Å². The molecule has 1 saturated carbocycles. The van der Waals surface area contributed by atoms with Gasteiger partial charge in [0.15, 0.2) is 10.2 Å². The molecular weight excluding hydrogens is 443 g/mol. The highest BCUT2D eigenvalue weighted by Crippen LogP contribution is 2.33. The van der Waals surface area contributed by atoms with Crippen LogP contribution in [0.5, 0.6) is 0 Å². The summed E-state index contributed by atoms with van der Waals surface area (Å²) in [7, 11) is 1.53. The van der Waals surface area contributed by atoms with Crippen LogP contribution in [0, 0.1) is 5.92 Å². The first-order chi connectivity index (χ1) is 13.9. The fraction of sp³-hybridized carbons (Fsp3) is 0.421. The zero-order chi connectivity index (χ0) is 20.6. The summed E-state index contributed by atoms with van der Waals surface area (Å²) >= 11 is 3.02. The average Bonchev–Trinajstić information content (AvgIpc) is 3.22. The molecule has 2 aromatic heterocycles. The van der Waals surface area contributed by atoms with E-state index in [1.54, 1.807) is 18.2 Å². The van der Waals surface area contributed by atoms with Crippen LogP contribution in [0.3, 0.4) is 0 Å². The molecule has 10 heteroatoms. The molecule has 1 fully saturated rings. The van der Waals surface area contributed by atoms with E-state index in [0.29, 0.717) is 11.2 Å². The van der Waals surface area contributed by atoms with Crippen LogP contribution in [0.1, 0.15) is 31.7 Å². The number of anilines is 1. The van der Waals surface area contributed by atoms with Crippen LogP contribution in [0.25, 0.3) is 11.2 Å². The number of hydrazone groups is 1. The van der Waals surface area contributed by atoms with E-state index < -0.39 is 21.6 Å². The van der Waals surface area contributed by atoms with Crippen LogP contribution in [-0.2, 0) is 7.05 Å². The predicted octanol–water partition coefficient (Wildman–Crippen LogP) is 2.81. The third-order valence-corrected chi connectivity index (χ3v) is 6.12. The van der Waals surface area contributed by atoms with Gasteiger partial charge in [0, 0.05) is 19.3 Å². The lowest BCUT2D eigenvalue weighted by Gasteiger charge is -2.21. The Bertz CT molecular complexity index is 1140. The summed E-state index contributed by atoms with van der Waals surface area (Å²) in [6, 6.07) is -0.0511. The van der Waals surface area contributed by atoms with Gasteiger partial charge in [0.05, 0.1) is 12.1 Å². The minimum atomic E-state index is -1.71. The molecule has 8 nitrogen and oxygen atoms in total. The van der Waals surface area contributed by atoms with E-state index in [1.807, 2.05) is 0 Å². The molecule has 1 N–H and O–H groups in total. The second-order valence-electron chi connectivity index (χ2n) is 7.21. The first-order valence-corrected chi connectivity index (χ1v) is 10.2. The highest BCUT2D eigenvalue weighted by molar-refractivity contribution is 9.10. The predicted molar refractivity (Wildman–Crippen MR) is 113 cm³/mol. The van der Waals surface area contributed by atoms with Crippen molar-refractivity contribution in [1.82, 2.24) is 19.1 Å². The summed E-state index contributed by atoms with van der Waals surface area (Å²) < 4.78 is 15.4. The van der Waals surface area contributed by atoms with E-state index in [2.05, 4.69) is 36.4 Å². The van der Waals surface area contributed by atoms with Crippen molar-refractivity contribution in [1.29, 1.82) is 0 Å². The number of alkyl halides is 2. The van der Waals surface area contributed by atoms with Gasteiger partial charge in [-0.25, -0.2) is 14.8 Å². The van der Waals surface area contributed by atoms with Crippen LogP contribution in [0.2, 0.25) is 0 Å². The van der Waals surface area contributed by atoms with Crippen molar-refractivity contribution in [2.45, 2.75) is 36.3 Å². The molecule has 0 bridgehead atoms. The number of fused-ring (bicyclic) bond motifs is 1. The van der Waals surface area contributed by atoms with Crippen molar-refractivity contribution in [3.05, 3.63) is 51.2 Å². The van der Waals surface area contributed by atoms with Crippen molar-refractivity contribution in [3.63, 3.8) is 0 Å². The van der Waals surface area contributed by atoms with Crippen LogP contribution in [0.15, 0.2) is 45.2 Å². The first-order valence-electron chi connectivity index (χ1n) is 9.40. The molecule has 2 aliphatic carbocycles. The third-order valence-electron chi connectivity index (χ3n) is 5.33. The molecule has 0 spiro atoms. The van der Waals surface area contributed by atoms with E-state index in [9.17, 15) is 14.0 Å². The molecule has 0 aliphatic heterocycles. The lowest BCUT2D eigenvalue weighted by Crippen LogP contribution is -2.42. The Morgan fingerprint density at radius 2 is 2.07 bits per heavy atom. The largest absolute Gasteiger partial charge is 0.318 e. The van der Waals surface area contributed by atoms with Crippen molar-refractivity contribution in [3.8, 4) is 0 Å². The summed E-state index contributed by atoms with van der Waals surface area (Å²) in [5, 5.41) is 4.05. The maximum absolute atomic E-state index is 14.4. The Hall–Kier alpha value is -2.62. The topological polar surface area (TPSA) is 94.2 Å². The lowest BCUT2D eigenvalue weighted by atomic mass is 10.0. The number of allylic oxidation sites excluding steroid dienone is 4. The Morgan fingerprint density at radius 1 is 1.31 bits per heavy atom. The molecule has 2 heterocycles. The van der Waals surface area contributed by atoms with E-state index in [1.165, 1.54) is 34.7 Å². The minimum Gasteiger partial charge on any atom is -0.303 e. The van der Waals surface area contributed by atoms with Gasteiger partial charge in [-0.05, 0) is 34.8 Å². The summed E-state index contributed by atoms with van der Waals surface area (Å²) in [6.07, 6.45) is 13.0. The van der Waals surface area contributed by atoms with Crippen LogP contribution in [0.4, 0.5) is 10.3 Å². The number of halogens is 2. The number of hydrogen-bond acceptors (Lipinski definition) is 6. The van der Waals surface area contributed by atoms with E-state index in [4.69, 9.17) is 0 Å². The van der Waals surface area contributed by atoms with Gasteiger partial charge in [0.25, 0.3) is 0 Å². The molecule has 29 heavy (non-hydrogen) atoms. The summed E-state index contributed by atoms with van der Waals surface area (Å²) in [5.74, 6) is -0.439. The second kappa shape index (κ2) is 7.66. The van der Waals surface area contributed by atoms with Gasteiger partial charge in [-0.3, -0.25) is 14.2 Å². The van der Waals surface area contributed by atoms with Gasteiger partial charge in [-0.1, -0.05) is 31.1 Å². The molecule has 2 unspecified atom stereocenters. The van der Waals surface area contributed by atoms with Gasteiger partial charge in [-0.15, -0.1) is 0 Å². The average molecular weight is 463 g/mol. The number of rotatable bonds is 4. The van der Waals surface area contributed by atoms with Crippen molar-refractivity contribution in [2.24, 2.45) is 18.1 Å². The summed E-state index contributed by atoms with van der Waals surface area (Å²) in [4.78, 5) is 33.6. The highest BCUT2D eigenvalue weighted by atomic mass is 79.9. The second-order valence-corrected chi connectivity index (χ2v) is 8.43. The smallest absolute Gasteiger partial charge is 0.303 e. The molecule has 2 aliphatic rings. The molecule has 0 aromatic carbocycles. The van der Waals surface area contributed by atoms with Crippen molar-refractivity contribution < 1.29 is 4.39 Å². The summed E-state index contributed by atoms with van der Waals surface area (Å²) in [6.45, 7) is 0. The lowest BCUT2D eigenvalue weighted by molar-refractivity contribution is 0.334. The van der Waals surface area contributed by atoms with Gasteiger partial charge in [0.1, 0.15) is 5.52 Å². The number of hydrogen-bond donors (Lipinski definition) is 1. The summed E-state index contributed by atoms with van der Waals surface area (Å²) in [5.41, 5.74) is 2.37. The van der Waals surface area contributed by atoms with Gasteiger partial charge in [0.2, 0.25) is 5.95 Å². The fourth-order valence-corrected chi connectivity index (χ4v) is 4.14. The number of aryl methyl sites for hydroxylation is 1. The maximum atomic E-state index is 14.4. The Morgan fingerprint density at radius 3 is 2.79 bits per heavy atom. The van der Waals surface area contributed by atoms with E-state index >= 15 is 0 Å². The molecule has 4 rings (SSSR count).